The van der Waals surface area contributed by atoms with E-state index >= 15 is 0 Å². The Morgan fingerprint density at radius 3 is 2.48 bits per heavy atom. The summed E-state index contributed by atoms with van der Waals surface area (Å²) in [6, 6.07) is 3.45. The van der Waals surface area contributed by atoms with Crippen LogP contribution in [0.5, 0.6) is 11.5 Å². The largest absolute Gasteiger partial charge is 0.504 e. The summed E-state index contributed by atoms with van der Waals surface area (Å²) >= 11 is 0. The van der Waals surface area contributed by atoms with Crippen molar-refractivity contribution in [2.24, 2.45) is 0 Å². The zero-order chi connectivity index (χ0) is 19.8. The monoisotopic (exact) mass is 372 g/mol. The van der Waals surface area contributed by atoms with Gasteiger partial charge in [-0.05, 0) is 23.3 Å². The van der Waals surface area contributed by atoms with Gasteiger partial charge in [-0.15, -0.1) is 0 Å². The van der Waals surface area contributed by atoms with Gasteiger partial charge in [0.15, 0.2) is 17.3 Å². The molecule has 0 bridgehead atoms. The first-order chi connectivity index (χ1) is 12.9. The number of ether oxygens (including phenoxy) is 4. The predicted molar refractivity (Wildman–Crippen MR) is 96.0 cm³/mol. The maximum absolute atomic E-state index is 13.2. The van der Waals surface area contributed by atoms with E-state index in [2.05, 4.69) is 0 Å². The van der Waals surface area contributed by atoms with Crippen molar-refractivity contribution in [3.8, 4) is 11.5 Å². The molecule has 0 saturated carbocycles. The normalized spacial score (nSPS) is 21.0. The zero-order valence-electron chi connectivity index (χ0n) is 15.5. The Morgan fingerprint density at radius 2 is 1.89 bits per heavy atom. The maximum atomic E-state index is 13.2. The van der Waals surface area contributed by atoms with E-state index < -0.39 is 17.5 Å². The van der Waals surface area contributed by atoms with E-state index in [9.17, 15) is 14.7 Å². The molecule has 7 nitrogen and oxygen atoms in total. The van der Waals surface area contributed by atoms with Gasteiger partial charge >= 0.3 is 11.8 Å². The quantitative estimate of drug-likeness (QED) is 0.640. The van der Waals surface area contributed by atoms with Crippen LogP contribution in [0.15, 0.2) is 41.2 Å². The van der Waals surface area contributed by atoms with Crippen molar-refractivity contribution in [1.29, 1.82) is 0 Å². The number of carbonyl (C=O) groups excluding carboxylic acids is 2. The molecule has 3 rings (SSSR count). The van der Waals surface area contributed by atoms with Crippen molar-refractivity contribution in [3.63, 3.8) is 0 Å². The molecule has 0 spiro atoms. The minimum Gasteiger partial charge on any atom is -0.504 e. The highest BCUT2D eigenvalue weighted by Crippen LogP contribution is 2.41. The highest BCUT2D eigenvalue weighted by Gasteiger charge is 2.51. The molecule has 0 aromatic heterocycles. The van der Waals surface area contributed by atoms with Crippen molar-refractivity contribution in [3.05, 3.63) is 52.3 Å². The van der Waals surface area contributed by atoms with E-state index in [-0.39, 0.29) is 17.9 Å². The summed E-state index contributed by atoms with van der Waals surface area (Å²) in [5.74, 6) is -2.79. The van der Waals surface area contributed by atoms with Gasteiger partial charge in [0.2, 0.25) is 5.78 Å². The Kier molecular flexibility index (Phi) is 4.80. The van der Waals surface area contributed by atoms with E-state index in [0.717, 1.165) is 5.56 Å². The first-order valence-corrected chi connectivity index (χ1v) is 8.23. The number of benzene rings is 1. The van der Waals surface area contributed by atoms with Crippen LogP contribution in [0.2, 0.25) is 0 Å². The van der Waals surface area contributed by atoms with E-state index in [1.165, 1.54) is 28.3 Å². The lowest BCUT2D eigenvalue weighted by molar-refractivity contribution is -0.212. The van der Waals surface area contributed by atoms with E-state index in [4.69, 9.17) is 18.9 Å². The molecule has 7 heteroatoms. The van der Waals surface area contributed by atoms with Gasteiger partial charge < -0.3 is 24.1 Å². The number of Topliss-reactive ketones (excluding diaryl/α,β-unsaturated/α-hetero) is 1. The van der Waals surface area contributed by atoms with E-state index in [0.29, 0.717) is 22.5 Å². The molecule has 1 aromatic rings. The van der Waals surface area contributed by atoms with Crippen LogP contribution in [0.4, 0.5) is 0 Å². The average Bonchev–Trinajstić information content (AvgIpc) is 2.83. The lowest BCUT2D eigenvalue weighted by atomic mass is 9.87. The minimum absolute atomic E-state index is 0.0109. The summed E-state index contributed by atoms with van der Waals surface area (Å²) in [5.41, 5.74) is 2.29. The Bertz CT molecular complexity index is 907. The summed E-state index contributed by atoms with van der Waals surface area (Å²) in [6.07, 6.45) is 5.20. The lowest BCUT2D eigenvalue weighted by Gasteiger charge is -2.34. The fourth-order valence-electron chi connectivity index (χ4n) is 3.32. The molecule has 1 aromatic carbocycles. The van der Waals surface area contributed by atoms with Gasteiger partial charge in [0, 0.05) is 31.6 Å². The summed E-state index contributed by atoms with van der Waals surface area (Å²) in [7, 11) is 4.10. The van der Waals surface area contributed by atoms with Crippen LogP contribution in [-0.2, 0) is 30.2 Å². The van der Waals surface area contributed by atoms with Crippen LogP contribution in [0.1, 0.15) is 18.1 Å². The molecule has 0 fully saturated rings. The smallest absolute Gasteiger partial charge is 0.337 e. The standard InChI is InChI=1S/C20H20O7/c1-11(21)27-20(26-4)17(25-3)10-13-9-15-12(5-7-14(13)19(20)23)6-8-16(24-2)18(15)22/h5-8,10,22H,9H2,1-4H3. The molecular formula is C20H20O7. The molecule has 0 amide bonds. The molecule has 142 valence electrons. The number of phenols is 1. The number of fused-ring (bicyclic) bond motifs is 1. The Balaban J connectivity index is 2.15. The van der Waals surface area contributed by atoms with Crippen molar-refractivity contribution in [2.75, 3.05) is 21.3 Å². The third-order valence-corrected chi connectivity index (χ3v) is 4.61. The third-order valence-electron chi connectivity index (χ3n) is 4.61. The number of rotatable bonds is 4. The molecule has 1 N–H and O–H groups in total. The van der Waals surface area contributed by atoms with Crippen molar-refractivity contribution >= 4 is 17.8 Å². The summed E-state index contributed by atoms with van der Waals surface area (Å²) < 4.78 is 21.0. The summed E-state index contributed by atoms with van der Waals surface area (Å²) in [5, 5.41) is 10.5. The van der Waals surface area contributed by atoms with Gasteiger partial charge in [0.1, 0.15) is 0 Å². The van der Waals surface area contributed by atoms with Crippen LogP contribution in [-0.4, -0.2) is 44.0 Å². The second-order valence-corrected chi connectivity index (χ2v) is 6.09. The van der Waals surface area contributed by atoms with Gasteiger partial charge in [-0.2, -0.15) is 0 Å². The summed E-state index contributed by atoms with van der Waals surface area (Å²) in [6.45, 7) is 1.19. The Morgan fingerprint density at radius 1 is 1.15 bits per heavy atom. The highest BCUT2D eigenvalue weighted by molar-refractivity contribution is 6.09. The number of ketones is 1. The first kappa shape index (κ1) is 18.7. The maximum Gasteiger partial charge on any atom is 0.337 e. The first-order valence-electron chi connectivity index (χ1n) is 8.23. The molecule has 0 saturated heterocycles. The molecule has 2 aliphatic carbocycles. The van der Waals surface area contributed by atoms with Crippen molar-refractivity contribution in [2.45, 2.75) is 19.1 Å². The van der Waals surface area contributed by atoms with Crippen LogP contribution in [0.25, 0.3) is 6.08 Å². The Hall–Kier alpha value is -3.06. The van der Waals surface area contributed by atoms with Crippen molar-refractivity contribution < 1.29 is 33.6 Å². The van der Waals surface area contributed by atoms with Crippen LogP contribution in [0, 0.1) is 0 Å². The number of methoxy groups -OCH3 is 3. The zero-order valence-corrected chi connectivity index (χ0v) is 15.5. The van der Waals surface area contributed by atoms with Crippen LogP contribution >= 0.6 is 0 Å². The number of allylic oxidation sites excluding steroid dienone is 3. The Labute approximate surface area is 156 Å². The molecular weight excluding hydrogens is 352 g/mol. The van der Waals surface area contributed by atoms with Crippen LogP contribution in [0.3, 0.4) is 0 Å². The van der Waals surface area contributed by atoms with E-state index in [1.54, 1.807) is 30.4 Å². The second-order valence-electron chi connectivity index (χ2n) is 6.09. The van der Waals surface area contributed by atoms with Crippen LogP contribution < -0.4 is 4.74 Å². The molecule has 0 aliphatic heterocycles. The van der Waals surface area contributed by atoms with Gasteiger partial charge in [0.05, 0.1) is 14.2 Å². The molecule has 1 unspecified atom stereocenters. The summed E-state index contributed by atoms with van der Waals surface area (Å²) in [4.78, 5) is 24.8. The van der Waals surface area contributed by atoms with Gasteiger partial charge in [-0.25, -0.2) is 0 Å². The number of hydrogen-bond acceptors (Lipinski definition) is 7. The predicted octanol–water partition coefficient (Wildman–Crippen LogP) is 2.29. The second kappa shape index (κ2) is 6.92. The number of esters is 1. The van der Waals surface area contributed by atoms with Gasteiger partial charge in [-0.3, -0.25) is 9.59 Å². The van der Waals surface area contributed by atoms with Crippen molar-refractivity contribution in [1.82, 2.24) is 0 Å². The van der Waals surface area contributed by atoms with Gasteiger partial charge in [0.25, 0.3) is 0 Å². The molecule has 1 atom stereocenters. The SMILES string of the molecule is COC1=CC2=C(C=Cc3ccc(OC)c(O)c3C2)C(=O)C1(OC)OC(C)=O. The topological polar surface area (TPSA) is 91.3 Å². The molecule has 0 heterocycles. The fourth-order valence-corrected chi connectivity index (χ4v) is 3.32. The average molecular weight is 372 g/mol. The highest BCUT2D eigenvalue weighted by atomic mass is 16.7. The number of carbonyl (C=O) groups is 2. The number of aromatic hydroxyl groups is 1. The molecule has 2 aliphatic rings. The number of phenolic OH excluding ortho intramolecular Hbond substituents is 1. The molecule has 0 radical (unpaired) electrons. The minimum atomic E-state index is -1.97. The fraction of sp³-hybridized carbons (Fsp3) is 0.300. The third kappa shape index (κ3) is 2.90. The van der Waals surface area contributed by atoms with E-state index in [1.807, 2.05) is 0 Å². The molecule has 27 heavy (non-hydrogen) atoms. The number of hydrogen-bond donors (Lipinski definition) is 1. The van der Waals surface area contributed by atoms with Gasteiger partial charge in [-0.1, -0.05) is 18.2 Å². The lowest BCUT2D eigenvalue weighted by Crippen LogP contribution is -2.49.